The number of nitrogens with one attached hydrogen (secondary N) is 2. The van der Waals surface area contributed by atoms with Crippen molar-refractivity contribution in [1.29, 1.82) is 0 Å². The van der Waals surface area contributed by atoms with Gasteiger partial charge in [0.1, 0.15) is 0 Å². The van der Waals surface area contributed by atoms with Crippen LogP contribution in [0.25, 0.3) is 5.70 Å². The lowest BCUT2D eigenvalue weighted by molar-refractivity contribution is 0.506. The molecule has 19 heavy (non-hydrogen) atoms. The molecule has 1 aliphatic rings. The first-order valence-corrected chi connectivity index (χ1v) is 8.24. The minimum absolute atomic E-state index is 0.800. The van der Waals surface area contributed by atoms with Crippen LogP contribution in [0.15, 0.2) is 6.58 Å². The van der Waals surface area contributed by atoms with Crippen LogP contribution in [0.2, 0.25) is 0 Å². The van der Waals surface area contributed by atoms with E-state index < -0.39 is 0 Å². The Morgan fingerprint density at radius 1 is 1.47 bits per heavy atom. The molecule has 106 valence electrons. The zero-order chi connectivity index (χ0) is 13.8. The van der Waals surface area contributed by atoms with E-state index in [0.29, 0.717) is 0 Å². The van der Waals surface area contributed by atoms with Crippen molar-refractivity contribution < 1.29 is 0 Å². The van der Waals surface area contributed by atoms with Crippen molar-refractivity contribution in [3.63, 3.8) is 0 Å². The highest BCUT2D eigenvalue weighted by molar-refractivity contribution is 7.16. The Labute approximate surface area is 121 Å². The molecule has 3 heteroatoms. The van der Waals surface area contributed by atoms with E-state index in [1.807, 2.05) is 18.4 Å². The molecule has 0 spiro atoms. The first-order valence-electron chi connectivity index (χ1n) is 7.42. The van der Waals surface area contributed by atoms with E-state index in [4.69, 9.17) is 0 Å². The van der Waals surface area contributed by atoms with Gasteiger partial charge in [0.05, 0.1) is 5.00 Å². The SMILES string of the molecule is C=C(NCCCC)c1c(NC)sc2c1CC(C)CC2. The van der Waals surface area contributed by atoms with Crippen molar-refractivity contribution in [2.45, 2.75) is 46.0 Å². The Bertz CT molecular complexity index is 448. The van der Waals surface area contributed by atoms with Crippen LogP contribution in [0.5, 0.6) is 0 Å². The van der Waals surface area contributed by atoms with Gasteiger partial charge >= 0.3 is 0 Å². The fourth-order valence-corrected chi connectivity index (χ4v) is 3.98. The molecule has 0 saturated carbocycles. The average molecular weight is 278 g/mol. The highest BCUT2D eigenvalue weighted by Gasteiger charge is 2.24. The number of aryl methyl sites for hydroxylation is 1. The van der Waals surface area contributed by atoms with Crippen molar-refractivity contribution in [2.24, 2.45) is 5.92 Å². The molecule has 0 radical (unpaired) electrons. The summed E-state index contributed by atoms with van der Waals surface area (Å²) < 4.78 is 0. The lowest BCUT2D eigenvalue weighted by Gasteiger charge is -2.20. The first-order chi connectivity index (χ1) is 9.17. The molecule has 0 saturated heterocycles. The summed E-state index contributed by atoms with van der Waals surface area (Å²) in [7, 11) is 2.02. The van der Waals surface area contributed by atoms with Gasteiger partial charge in [-0.05, 0) is 37.2 Å². The second-order valence-corrected chi connectivity index (χ2v) is 6.67. The maximum Gasteiger partial charge on any atom is 0.0980 e. The molecule has 0 aliphatic heterocycles. The number of rotatable bonds is 6. The van der Waals surface area contributed by atoms with Crippen LogP contribution < -0.4 is 10.6 Å². The molecule has 2 rings (SSSR count). The van der Waals surface area contributed by atoms with Gasteiger partial charge in [-0.3, -0.25) is 0 Å². The predicted molar refractivity (Wildman–Crippen MR) is 87.0 cm³/mol. The van der Waals surface area contributed by atoms with Crippen LogP contribution in [0, 0.1) is 5.92 Å². The third-order valence-electron chi connectivity index (χ3n) is 3.91. The van der Waals surface area contributed by atoms with Gasteiger partial charge in [0.25, 0.3) is 0 Å². The maximum absolute atomic E-state index is 4.27. The van der Waals surface area contributed by atoms with Crippen LogP contribution in [-0.2, 0) is 12.8 Å². The minimum atomic E-state index is 0.800. The number of fused-ring (bicyclic) bond motifs is 1. The van der Waals surface area contributed by atoms with Crippen molar-refractivity contribution in [3.8, 4) is 0 Å². The Hall–Kier alpha value is -0.960. The van der Waals surface area contributed by atoms with Crippen molar-refractivity contribution in [2.75, 3.05) is 18.9 Å². The summed E-state index contributed by atoms with van der Waals surface area (Å²) in [5, 5.41) is 8.14. The van der Waals surface area contributed by atoms with Gasteiger partial charge in [-0.25, -0.2) is 0 Å². The predicted octanol–water partition coefficient (Wildman–Crippen LogP) is 4.28. The normalized spacial score (nSPS) is 17.9. The fraction of sp³-hybridized carbons (Fsp3) is 0.625. The molecule has 0 bridgehead atoms. The maximum atomic E-state index is 4.27. The third kappa shape index (κ3) is 3.14. The zero-order valence-electron chi connectivity index (χ0n) is 12.4. The molecular weight excluding hydrogens is 252 g/mol. The van der Waals surface area contributed by atoms with Gasteiger partial charge in [0.2, 0.25) is 0 Å². The zero-order valence-corrected chi connectivity index (χ0v) is 13.3. The van der Waals surface area contributed by atoms with E-state index in [9.17, 15) is 0 Å². The van der Waals surface area contributed by atoms with Crippen molar-refractivity contribution in [1.82, 2.24) is 5.32 Å². The number of anilines is 1. The molecule has 1 aromatic rings. The lowest BCUT2D eigenvalue weighted by atomic mass is 9.87. The van der Waals surface area contributed by atoms with Gasteiger partial charge in [0.15, 0.2) is 0 Å². The van der Waals surface area contributed by atoms with Crippen LogP contribution in [0.1, 0.15) is 49.1 Å². The van der Waals surface area contributed by atoms with Crippen LogP contribution in [0.3, 0.4) is 0 Å². The largest absolute Gasteiger partial charge is 0.385 e. The summed E-state index contributed by atoms with van der Waals surface area (Å²) >= 11 is 1.92. The van der Waals surface area contributed by atoms with Gasteiger partial charge < -0.3 is 10.6 Å². The van der Waals surface area contributed by atoms with E-state index in [1.54, 1.807) is 10.4 Å². The smallest absolute Gasteiger partial charge is 0.0980 e. The molecule has 1 aromatic heterocycles. The molecule has 1 aliphatic carbocycles. The monoisotopic (exact) mass is 278 g/mol. The molecular formula is C16H26N2S. The van der Waals surface area contributed by atoms with Crippen LogP contribution >= 0.6 is 11.3 Å². The number of hydrogen-bond acceptors (Lipinski definition) is 3. The Balaban J connectivity index is 2.22. The van der Waals surface area contributed by atoms with E-state index >= 15 is 0 Å². The molecule has 0 amide bonds. The van der Waals surface area contributed by atoms with Gasteiger partial charge in [0, 0.05) is 29.7 Å². The van der Waals surface area contributed by atoms with E-state index in [1.165, 1.54) is 42.7 Å². The van der Waals surface area contributed by atoms with E-state index in [2.05, 4.69) is 31.1 Å². The van der Waals surface area contributed by atoms with Crippen LogP contribution in [0.4, 0.5) is 5.00 Å². The molecule has 2 nitrogen and oxygen atoms in total. The molecule has 1 heterocycles. The Kier molecular flexibility index (Phi) is 4.92. The third-order valence-corrected chi connectivity index (χ3v) is 5.21. The summed E-state index contributed by atoms with van der Waals surface area (Å²) in [6, 6.07) is 0. The summed E-state index contributed by atoms with van der Waals surface area (Å²) in [6.45, 7) is 9.87. The van der Waals surface area contributed by atoms with Gasteiger partial charge in [-0.2, -0.15) is 0 Å². The minimum Gasteiger partial charge on any atom is -0.385 e. The number of unbranched alkanes of at least 4 members (excludes halogenated alkanes) is 1. The fourth-order valence-electron chi connectivity index (χ4n) is 2.76. The Morgan fingerprint density at radius 3 is 2.95 bits per heavy atom. The summed E-state index contributed by atoms with van der Waals surface area (Å²) in [6.07, 6.45) is 6.19. The topological polar surface area (TPSA) is 24.1 Å². The summed E-state index contributed by atoms with van der Waals surface area (Å²) in [5.74, 6) is 0.800. The standard InChI is InChI=1S/C16H26N2S/c1-5-6-9-18-12(3)15-13-10-11(2)7-8-14(13)19-16(15)17-4/h11,17-18H,3,5-10H2,1-2,4H3. The van der Waals surface area contributed by atoms with Crippen molar-refractivity contribution >= 4 is 22.0 Å². The van der Waals surface area contributed by atoms with Gasteiger partial charge in [-0.15, -0.1) is 11.3 Å². The molecule has 1 unspecified atom stereocenters. The number of thiophene rings is 1. The molecule has 0 aromatic carbocycles. The molecule has 1 atom stereocenters. The average Bonchev–Trinajstić information content (AvgIpc) is 2.76. The van der Waals surface area contributed by atoms with E-state index in [-0.39, 0.29) is 0 Å². The lowest BCUT2D eigenvalue weighted by Crippen LogP contribution is -2.16. The van der Waals surface area contributed by atoms with E-state index in [0.717, 1.165) is 18.2 Å². The first kappa shape index (κ1) is 14.4. The second kappa shape index (κ2) is 6.47. The summed E-state index contributed by atoms with van der Waals surface area (Å²) in [5.41, 5.74) is 4.00. The second-order valence-electron chi connectivity index (χ2n) is 5.56. The van der Waals surface area contributed by atoms with Crippen LogP contribution in [-0.4, -0.2) is 13.6 Å². The highest BCUT2D eigenvalue weighted by atomic mass is 32.1. The summed E-state index contributed by atoms with van der Waals surface area (Å²) in [4.78, 5) is 1.57. The number of hydrogen-bond donors (Lipinski definition) is 2. The van der Waals surface area contributed by atoms with Crippen molar-refractivity contribution in [3.05, 3.63) is 22.6 Å². The highest BCUT2D eigenvalue weighted by Crippen LogP contribution is 2.41. The Morgan fingerprint density at radius 2 is 2.26 bits per heavy atom. The quantitative estimate of drug-likeness (QED) is 0.759. The molecule has 0 fully saturated rings. The molecule has 2 N–H and O–H groups in total. The van der Waals surface area contributed by atoms with Gasteiger partial charge in [-0.1, -0.05) is 26.8 Å².